The maximum Gasteiger partial charge on any atom is 0.513 e. The Kier molecular flexibility index (Phi) is 6.51. The van der Waals surface area contributed by atoms with Crippen LogP contribution in [0, 0.1) is 10.8 Å². The van der Waals surface area contributed by atoms with Crippen molar-refractivity contribution < 1.29 is 19.0 Å². The Morgan fingerprint density at radius 3 is 2.19 bits per heavy atom. The van der Waals surface area contributed by atoms with Crippen LogP contribution in [0.2, 0.25) is 0 Å². The van der Waals surface area contributed by atoms with Gasteiger partial charge < -0.3 is 25.7 Å². The number of hydrogen-bond acceptors (Lipinski definition) is 6. The zero-order chi connectivity index (χ0) is 22.4. The standard InChI is InChI=1S/C23H22N4O4/c1-29-23(28)31-20-9-8-15(14-4-2-5-16(10-14)21(24)25)11-18(20)13-30-19-7-3-6-17(12-19)22(26)27/h2-12H,13H2,1H3,(H3,24,25)(H3,26,27). The Labute approximate surface area is 179 Å². The third-order valence-corrected chi connectivity index (χ3v) is 4.47. The highest BCUT2D eigenvalue weighted by Gasteiger charge is 2.13. The highest BCUT2D eigenvalue weighted by Crippen LogP contribution is 2.29. The molecule has 0 saturated carbocycles. The zero-order valence-electron chi connectivity index (χ0n) is 16.8. The number of nitrogen functional groups attached to an aromatic ring is 2. The van der Waals surface area contributed by atoms with Crippen molar-refractivity contribution >= 4 is 17.8 Å². The summed E-state index contributed by atoms with van der Waals surface area (Å²) in [7, 11) is 1.23. The molecule has 0 aliphatic carbocycles. The maximum absolute atomic E-state index is 11.6. The lowest BCUT2D eigenvalue weighted by Gasteiger charge is -2.14. The van der Waals surface area contributed by atoms with E-state index >= 15 is 0 Å². The van der Waals surface area contributed by atoms with Crippen LogP contribution in [-0.4, -0.2) is 24.9 Å². The summed E-state index contributed by atoms with van der Waals surface area (Å²) in [5.41, 5.74) is 14.6. The van der Waals surface area contributed by atoms with Crippen LogP contribution in [0.3, 0.4) is 0 Å². The lowest BCUT2D eigenvalue weighted by atomic mass is 10.0. The van der Waals surface area contributed by atoms with E-state index < -0.39 is 6.16 Å². The molecule has 0 aliphatic rings. The number of benzene rings is 3. The minimum Gasteiger partial charge on any atom is -0.489 e. The van der Waals surface area contributed by atoms with Gasteiger partial charge in [-0.1, -0.05) is 36.4 Å². The number of nitrogens with two attached hydrogens (primary N) is 2. The molecule has 0 saturated heterocycles. The first-order chi connectivity index (χ1) is 14.9. The van der Waals surface area contributed by atoms with Crippen molar-refractivity contribution in [3.63, 3.8) is 0 Å². The first-order valence-corrected chi connectivity index (χ1v) is 9.28. The Morgan fingerprint density at radius 2 is 1.52 bits per heavy atom. The fraction of sp³-hybridized carbons (Fsp3) is 0.0870. The van der Waals surface area contributed by atoms with E-state index in [1.165, 1.54) is 7.11 Å². The monoisotopic (exact) mass is 418 g/mol. The molecule has 0 aromatic heterocycles. The van der Waals surface area contributed by atoms with E-state index in [4.69, 9.17) is 31.8 Å². The third kappa shape index (κ3) is 5.39. The molecule has 0 aliphatic heterocycles. The van der Waals surface area contributed by atoms with Gasteiger partial charge >= 0.3 is 6.16 Å². The number of ether oxygens (including phenoxy) is 3. The smallest absolute Gasteiger partial charge is 0.489 e. The SMILES string of the molecule is COC(=O)Oc1ccc(-c2cccc(C(=N)N)c2)cc1COc1cccc(C(=N)N)c1. The van der Waals surface area contributed by atoms with E-state index in [0.717, 1.165) is 11.1 Å². The molecule has 3 aromatic rings. The molecule has 3 aromatic carbocycles. The quantitative estimate of drug-likeness (QED) is 0.199. The first kappa shape index (κ1) is 21.4. The van der Waals surface area contributed by atoms with Gasteiger partial charge in [0, 0.05) is 16.7 Å². The van der Waals surface area contributed by atoms with Gasteiger partial charge in [-0.2, -0.15) is 0 Å². The van der Waals surface area contributed by atoms with Crippen LogP contribution >= 0.6 is 0 Å². The van der Waals surface area contributed by atoms with Gasteiger partial charge in [0.2, 0.25) is 0 Å². The van der Waals surface area contributed by atoms with Crippen LogP contribution in [0.5, 0.6) is 11.5 Å². The van der Waals surface area contributed by atoms with Crippen molar-refractivity contribution in [1.82, 2.24) is 0 Å². The number of carbonyl (C=O) groups excluding carboxylic acids is 1. The number of hydrogen-bond donors (Lipinski definition) is 4. The van der Waals surface area contributed by atoms with Gasteiger partial charge in [-0.3, -0.25) is 10.8 Å². The van der Waals surface area contributed by atoms with Crippen LogP contribution in [0.15, 0.2) is 66.7 Å². The Balaban J connectivity index is 1.93. The average Bonchev–Trinajstić information content (AvgIpc) is 2.78. The van der Waals surface area contributed by atoms with Crippen molar-refractivity contribution in [3.8, 4) is 22.6 Å². The molecule has 0 radical (unpaired) electrons. The molecular formula is C23H22N4O4. The van der Waals surface area contributed by atoms with E-state index in [0.29, 0.717) is 28.2 Å². The van der Waals surface area contributed by atoms with Crippen LogP contribution in [0.25, 0.3) is 11.1 Å². The Bertz CT molecular complexity index is 1140. The van der Waals surface area contributed by atoms with Crippen molar-refractivity contribution in [2.75, 3.05) is 7.11 Å². The molecule has 0 fully saturated rings. The fourth-order valence-electron chi connectivity index (χ4n) is 2.88. The molecule has 8 nitrogen and oxygen atoms in total. The number of amidine groups is 2. The largest absolute Gasteiger partial charge is 0.513 e. The van der Waals surface area contributed by atoms with Gasteiger partial charge in [-0.25, -0.2) is 4.79 Å². The van der Waals surface area contributed by atoms with Crippen LogP contribution < -0.4 is 20.9 Å². The molecule has 0 unspecified atom stereocenters. The summed E-state index contributed by atoms with van der Waals surface area (Å²) in [5.74, 6) is 0.718. The van der Waals surface area contributed by atoms with Crippen molar-refractivity contribution in [3.05, 3.63) is 83.4 Å². The Morgan fingerprint density at radius 1 is 0.871 bits per heavy atom. The lowest BCUT2D eigenvalue weighted by molar-refractivity contribution is 0.120. The average molecular weight is 418 g/mol. The molecule has 3 rings (SSSR count). The normalized spacial score (nSPS) is 10.2. The van der Waals surface area contributed by atoms with E-state index in [1.54, 1.807) is 48.5 Å². The van der Waals surface area contributed by atoms with E-state index in [2.05, 4.69) is 4.74 Å². The molecule has 0 heterocycles. The van der Waals surface area contributed by atoms with E-state index in [1.807, 2.05) is 18.2 Å². The van der Waals surface area contributed by atoms with Gasteiger partial charge in [0.05, 0.1) is 7.11 Å². The molecular weight excluding hydrogens is 396 g/mol. The summed E-state index contributed by atoms with van der Waals surface area (Å²) in [6.07, 6.45) is -0.842. The summed E-state index contributed by atoms with van der Waals surface area (Å²) in [5, 5.41) is 15.2. The van der Waals surface area contributed by atoms with Gasteiger partial charge in [-0.15, -0.1) is 0 Å². The topological polar surface area (TPSA) is 145 Å². The highest BCUT2D eigenvalue weighted by atomic mass is 16.7. The number of rotatable bonds is 7. The molecule has 0 amide bonds. The second kappa shape index (κ2) is 9.45. The van der Waals surface area contributed by atoms with E-state index in [9.17, 15) is 4.79 Å². The minimum atomic E-state index is -0.842. The van der Waals surface area contributed by atoms with Crippen molar-refractivity contribution in [2.45, 2.75) is 6.61 Å². The van der Waals surface area contributed by atoms with Crippen LogP contribution in [-0.2, 0) is 11.3 Å². The van der Waals surface area contributed by atoms with Gasteiger partial charge in [-0.05, 0) is 41.5 Å². The highest BCUT2D eigenvalue weighted by molar-refractivity contribution is 5.96. The number of methoxy groups -OCH3 is 1. The van der Waals surface area contributed by atoms with Crippen molar-refractivity contribution in [2.24, 2.45) is 11.5 Å². The van der Waals surface area contributed by atoms with Gasteiger partial charge in [0.1, 0.15) is 29.8 Å². The lowest BCUT2D eigenvalue weighted by Crippen LogP contribution is -2.11. The van der Waals surface area contributed by atoms with Gasteiger partial charge in [0.25, 0.3) is 0 Å². The summed E-state index contributed by atoms with van der Waals surface area (Å²) in [6, 6.07) is 19.4. The molecule has 0 spiro atoms. The maximum atomic E-state index is 11.6. The molecule has 158 valence electrons. The molecule has 0 atom stereocenters. The summed E-state index contributed by atoms with van der Waals surface area (Å²) in [4.78, 5) is 11.6. The molecule has 31 heavy (non-hydrogen) atoms. The first-order valence-electron chi connectivity index (χ1n) is 9.28. The minimum absolute atomic E-state index is 0.0265. The summed E-state index contributed by atoms with van der Waals surface area (Å²) < 4.78 is 15.7. The van der Waals surface area contributed by atoms with Crippen LogP contribution in [0.1, 0.15) is 16.7 Å². The zero-order valence-corrected chi connectivity index (χ0v) is 16.8. The fourth-order valence-corrected chi connectivity index (χ4v) is 2.88. The predicted octanol–water partition coefficient (Wildman–Crippen LogP) is 3.65. The molecule has 6 N–H and O–H groups in total. The Hall–Kier alpha value is -4.33. The number of carbonyl (C=O) groups is 1. The second-order valence-corrected chi connectivity index (χ2v) is 6.60. The third-order valence-electron chi connectivity index (χ3n) is 4.47. The molecule has 8 heteroatoms. The summed E-state index contributed by atoms with van der Waals surface area (Å²) >= 11 is 0. The van der Waals surface area contributed by atoms with E-state index in [-0.39, 0.29) is 18.3 Å². The van der Waals surface area contributed by atoms with Crippen LogP contribution in [0.4, 0.5) is 4.79 Å². The number of nitrogens with one attached hydrogen (secondary N) is 2. The van der Waals surface area contributed by atoms with Gasteiger partial charge in [0.15, 0.2) is 0 Å². The molecule has 0 bridgehead atoms. The second-order valence-electron chi connectivity index (χ2n) is 6.60. The summed E-state index contributed by atoms with van der Waals surface area (Å²) in [6.45, 7) is 0.0912. The predicted molar refractivity (Wildman–Crippen MR) is 118 cm³/mol. The van der Waals surface area contributed by atoms with Crippen molar-refractivity contribution in [1.29, 1.82) is 10.8 Å².